The molecule has 0 aliphatic carbocycles. The molecule has 2 heterocycles. The average molecular weight is 297 g/mol. The zero-order chi connectivity index (χ0) is 8.44. The number of quaternary nitrogens is 1. The second kappa shape index (κ2) is 4.94. The zero-order valence-corrected chi connectivity index (χ0v) is 10.6. The van der Waals surface area contributed by atoms with Crippen LogP contribution in [0, 0.1) is 0 Å². The molecule has 2 aliphatic heterocycles. The van der Waals surface area contributed by atoms with Crippen molar-refractivity contribution in [3.8, 4) is 0 Å². The van der Waals surface area contributed by atoms with E-state index < -0.39 is 0 Å². The summed E-state index contributed by atoms with van der Waals surface area (Å²) in [6.45, 7) is 5.04. The number of ether oxygens (including phenoxy) is 1. The predicted octanol–water partition coefficient (Wildman–Crippen LogP) is -1.59. The number of rotatable bonds is 2. The molecule has 0 aromatic carbocycles. The van der Waals surface area contributed by atoms with Crippen LogP contribution in [0.4, 0.5) is 0 Å². The van der Waals surface area contributed by atoms with E-state index in [1.54, 1.807) is 0 Å². The Hall–Kier alpha value is 0.650. The lowest BCUT2D eigenvalue weighted by atomic mass is 10.2. The van der Waals surface area contributed by atoms with Crippen LogP contribution in [0.2, 0.25) is 0 Å². The van der Waals surface area contributed by atoms with E-state index in [0.717, 1.165) is 6.61 Å². The van der Waals surface area contributed by atoms with E-state index in [4.69, 9.17) is 4.74 Å². The Kier molecular flexibility index (Phi) is 4.45. The number of halogens is 1. The molecule has 2 fully saturated rings. The Bertz CT molecular complexity index is 151. The molecular weight excluding hydrogens is 277 g/mol. The van der Waals surface area contributed by atoms with E-state index in [0.29, 0.717) is 6.10 Å². The summed E-state index contributed by atoms with van der Waals surface area (Å²) in [4.78, 5) is 0. The second-order valence-corrected chi connectivity index (χ2v) is 4.62. The van der Waals surface area contributed by atoms with Gasteiger partial charge in [0, 0.05) is 0 Å². The van der Waals surface area contributed by atoms with Crippen LogP contribution in [0.1, 0.15) is 25.7 Å². The minimum absolute atomic E-state index is 0. The first-order valence-corrected chi connectivity index (χ1v) is 5.24. The van der Waals surface area contributed by atoms with E-state index in [2.05, 4.69) is 7.05 Å². The lowest BCUT2D eigenvalue weighted by molar-refractivity contribution is -0.909. The van der Waals surface area contributed by atoms with Crippen molar-refractivity contribution in [3.05, 3.63) is 0 Å². The molecule has 0 aromatic heterocycles. The van der Waals surface area contributed by atoms with Gasteiger partial charge >= 0.3 is 0 Å². The van der Waals surface area contributed by atoms with Crippen LogP contribution < -0.4 is 24.0 Å². The van der Waals surface area contributed by atoms with Gasteiger partial charge in [-0.1, -0.05) is 0 Å². The first-order chi connectivity index (χ1) is 5.79. The van der Waals surface area contributed by atoms with Crippen molar-refractivity contribution in [3.63, 3.8) is 0 Å². The molecule has 2 saturated heterocycles. The Morgan fingerprint density at radius 3 is 2.15 bits per heavy atom. The summed E-state index contributed by atoms with van der Waals surface area (Å²) in [6.07, 6.45) is 6.33. The van der Waals surface area contributed by atoms with Crippen LogP contribution in [0.25, 0.3) is 0 Å². The molecule has 0 saturated carbocycles. The summed E-state index contributed by atoms with van der Waals surface area (Å²) in [7, 11) is 2.40. The molecule has 2 rings (SSSR count). The minimum atomic E-state index is 0. The molecule has 3 heteroatoms. The first-order valence-electron chi connectivity index (χ1n) is 5.24. The zero-order valence-electron chi connectivity index (χ0n) is 8.47. The molecule has 1 atom stereocenters. The number of epoxide rings is 1. The lowest BCUT2D eigenvalue weighted by Gasteiger charge is -2.32. The van der Waals surface area contributed by atoms with Crippen LogP contribution in [0.3, 0.4) is 0 Å². The maximum Gasteiger partial charge on any atom is 0.130 e. The van der Waals surface area contributed by atoms with Crippen LogP contribution in [0.15, 0.2) is 0 Å². The Balaban J connectivity index is 0.000000845. The maximum atomic E-state index is 5.30. The third kappa shape index (κ3) is 3.72. The molecule has 0 radical (unpaired) electrons. The van der Waals surface area contributed by atoms with Gasteiger partial charge in [-0.2, -0.15) is 0 Å². The second-order valence-electron chi connectivity index (χ2n) is 4.62. The molecule has 0 N–H and O–H groups in total. The van der Waals surface area contributed by atoms with Gasteiger partial charge in [-0.3, -0.25) is 0 Å². The molecule has 13 heavy (non-hydrogen) atoms. The van der Waals surface area contributed by atoms with Crippen molar-refractivity contribution >= 4 is 0 Å². The van der Waals surface area contributed by atoms with Gasteiger partial charge in [0.2, 0.25) is 0 Å². The van der Waals surface area contributed by atoms with Crippen molar-refractivity contribution in [2.75, 3.05) is 33.3 Å². The van der Waals surface area contributed by atoms with Crippen LogP contribution in [-0.2, 0) is 4.74 Å². The fourth-order valence-electron chi connectivity index (χ4n) is 2.30. The van der Waals surface area contributed by atoms with Crippen molar-refractivity contribution in [2.24, 2.45) is 0 Å². The van der Waals surface area contributed by atoms with Crippen molar-refractivity contribution in [2.45, 2.75) is 31.8 Å². The number of likely N-dealkylation sites (tertiary alicyclic amines) is 1. The highest BCUT2D eigenvalue weighted by atomic mass is 127. The fraction of sp³-hybridized carbons (Fsp3) is 1.00. The molecule has 78 valence electrons. The Labute approximate surface area is 98.2 Å². The van der Waals surface area contributed by atoms with Crippen molar-refractivity contribution in [1.29, 1.82) is 0 Å². The quantitative estimate of drug-likeness (QED) is 0.340. The van der Waals surface area contributed by atoms with Gasteiger partial charge in [0.1, 0.15) is 12.6 Å². The third-order valence-electron chi connectivity index (χ3n) is 3.19. The van der Waals surface area contributed by atoms with Gasteiger partial charge in [0.05, 0.1) is 26.7 Å². The molecule has 0 bridgehead atoms. The Morgan fingerprint density at radius 1 is 1.15 bits per heavy atom. The number of likely N-dealkylation sites (N-methyl/N-ethyl adjacent to an activating group) is 1. The number of hydrogen-bond acceptors (Lipinski definition) is 1. The molecule has 0 amide bonds. The van der Waals surface area contributed by atoms with Gasteiger partial charge in [-0.25, -0.2) is 0 Å². The van der Waals surface area contributed by atoms with Crippen molar-refractivity contribution < 1.29 is 33.2 Å². The largest absolute Gasteiger partial charge is 1.00 e. The van der Waals surface area contributed by atoms with E-state index in [9.17, 15) is 0 Å². The van der Waals surface area contributed by atoms with E-state index >= 15 is 0 Å². The Morgan fingerprint density at radius 2 is 1.69 bits per heavy atom. The minimum Gasteiger partial charge on any atom is -1.00 e. The first kappa shape index (κ1) is 11.7. The standard InChI is InChI=1S/C10H20NO.HI/c1-11(8-10-9-12-10)6-4-2-3-5-7-11;/h10H,2-9H2,1H3;1H/q+1;/p-1. The van der Waals surface area contributed by atoms with Crippen molar-refractivity contribution in [1.82, 2.24) is 0 Å². The highest BCUT2D eigenvalue weighted by molar-refractivity contribution is 4.68. The molecular formula is C10H20INO. The lowest BCUT2D eigenvalue weighted by Crippen LogP contribution is -3.00. The number of nitrogens with zero attached hydrogens (tertiary/aromatic N) is 1. The van der Waals surface area contributed by atoms with E-state index in [1.807, 2.05) is 0 Å². The topological polar surface area (TPSA) is 12.5 Å². The highest BCUT2D eigenvalue weighted by Gasteiger charge is 2.34. The SMILES string of the molecule is C[N+]1(CC2CO2)CCCCCC1.[I-]. The average Bonchev–Trinajstić information content (AvgIpc) is 2.80. The van der Waals surface area contributed by atoms with Crippen LogP contribution in [0.5, 0.6) is 0 Å². The maximum absolute atomic E-state index is 5.30. The van der Waals surface area contributed by atoms with Gasteiger partial charge in [-0.05, 0) is 25.7 Å². The predicted molar refractivity (Wildman–Crippen MR) is 49.0 cm³/mol. The van der Waals surface area contributed by atoms with E-state index in [1.165, 1.54) is 49.8 Å². The number of hydrogen-bond donors (Lipinski definition) is 0. The summed E-state index contributed by atoms with van der Waals surface area (Å²) >= 11 is 0. The summed E-state index contributed by atoms with van der Waals surface area (Å²) in [5, 5.41) is 0. The normalized spacial score (nSPS) is 31.6. The smallest absolute Gasteiger partial charge is 0.130 e. The molecule has 0 aromatic rings. The summed E-state index contributed by atoms with van der Waals surface area (Å²) in [5.41, 5.74) is 0. The monoisotopic (exact) mass is 297 g/mol. The van der Waals surface area contributed by atoms with Gasteiger partial charge < -0.3 is 33.2 Å². The highest BCUT2D eigenvalue weighted by Crippen LogP contribution is 2.20. The summed E-state index contributed by atoms with van der Waals surface area (Å²) in [6, 6.07) is 0. The fourth-order valence-corrected chi connectivity index (χ4v) is 2.30. The third-order valence-corrected chi connectivity index (χ3v) is 3.19. The summed E-state index contributed by atoms with van der Waals surface area (Å²) < 4.78 is 6.57. The molecule has 2 nitrogen and oxygen atoms in total. The molecule has 1 unspecified atom stereocenters. The van der Waals surface area contributed by atoms with Gasteiger partial charge in [0.25, 0.3) is 0 Å². The van der Waals surface area contributed by atoms with Crippen LogP contribution in [-0.4, -0.2) is 43.9 Å². The molecule has 0 spiro atoms. The van der Waals surface area contributed by atoms with Gasteiger partial charge in [0.15, 0.2) is 0 Å². The van der Waals surface area contributed by atoms with Gasteiger partial charge in [-0.15, -0.1) is 0 Å². The van der Waals surface area contributed by atoms with E-state index in [-0.39, 0.29) is 24.0 Å². The van der Waals surface area contributed by atoms with Crippen LogP contribution >= 0.6 is 0 Å². The molecule has 2 aliphatic rings. The summed E-state index contributed by atoms with van der Waals surface area (Å²) in [5.74, 6) is 0.